The fourth-order valence-corrected chi connectivity index (χ4v) is 3.59. The first kappa shape index (κ1) is 27.0. The van der Waals surface area contributed by atoms with Gasteiger partial charge in [0.15, 0.2) is 18.1 Å². The monoisotopic (exact) mass is 471 g/mol. The Bertz CT molecular complexity index is 930. The molecule has 34 heavy (non-hydrogen) atoms. The molecule has 0 spiro atoms. The van der Waals surface area contributed by atoms with Crippen LogP contribution in [0, 0.1) is 0 Å². The molecule has 1 N–H and O–H groups in total. The van der Waals surface area contributed by atoms with Crippen molar-refractivity contribution in [3.63, 3.8) is 0 Å². The Morgan fingerprint density at radius 3 is 1.76 bits per heavy atom. The third-order valence-corrected chi connectivity index (χ3v) is 5.12. The highest BCUT2D eigenvalue weighted by Crippen LogP contribution is 2.39. The van der Waals surface area contributed by atoms with E-state index in [9.17, 15) is 9.59 Å². The fourth-order valence-electron chi connectivity index (χ4n) is 3.59. The number of esters is 1. The number of carbonyl (C=O) groups excluding carboxylic acids is 2. The number of amides is 1. The Labute approximate surface area is 202 Å². The quantitative estimate of drug-likeness (QED) is 0.387. The standard InChI is InChI=1S/C27H37NO6/c1-8-31-22-14-19(15-23(32-9-2)26(22)33-10-3)27(30)34-16-24(29)28-25-20(17(4)5)12-11-13-21(25)18(6)7/h11-15,17-18H,8-10,16H2,1-7H3,(H,28,29). The predicted octanol–water partition coefficient (Wildman–Crippen LogP) is 5.93. The average Bonchev–Trinajstić information content (AvgIpc) is 2.79. The smallest absolute Gasteiger partial charge is 0.338 e. The minimum Gasteiger partial charge on any atom is -0.490 e. The molecule has 0 aromatic heterocycles. The minimum absolute atomic E-state index is 0.216. The molecule has 0 aliphatic carbocycles. The van der Waals surface area contributed by atoms with Gasteiger partial charge in [0.2, 0.25) is 5.75 Å². The number of anilines is 1. The summed E-state index contributed by atoms with van der Waals surface area (Å²) in [6, 6.07) is 9.09. The third kappa shape index (κ3) is 6.89. The van der Waals surface area contributed by atoms with E-state index in [4.69, 9.17) is 18.9 Å². The molecule has 0 unspecified atom stereocenters. The van der Waals surface area contributed by atoms with Crippen molar-refractivity contribution in [1.29, 1.82) is 0 Å². The first-order valence-electron chi connectivity index (χ1n) is 11.9. The molecule has 0 saturated carbocycles. The van der Waals surface area contributed by atoms with Crippen molar-refractivity contribution in [2.45, 2.75) is 60.3 Å². The summed E-state index contributed by atoms with van der Waals surface area (Å²) in [4.78, 5) is 25.5. The SMILES string of the molecule is CCOc1cc(C(=O)OCC(=O)Nc2c(C(C)C)cccc2C(C)C)cc(OCC)c1OCC. The van der Waals surface area contributed by atoms with E-state index < -0.39 is 18.5 Å². The van der Waals surface area contributed by atoms with Crippen LogP contribution in [0.5, 0.6) is 17.2 Å². The number of hydrogen-bond donors (Lipinski definition) is 1. The molecule has 7 nitrogen and oxygen atoms in total. The van der Waals surface area contributed by atoms with Crippen molar-refractivity contribution >= 4 is 17.6 Å². The molecule has 0 bridgehead atoms. The molecule has 2 aromatic carbocycles. The van der Waals surface area contributed by atoms with Crippen LogP contribution < -0.4 is 19.5 Å². The highest BCUT2D eigenvalue weighted by molar-refractivity contribution is 5.97. The van der Waals surface area contributed by atoms with Crippen LogP contribution in [-0.4, -0.2) is 38.3 Å². The molecule has 0 radical (unpaired) electrons. The van der Waals surface area contributed by atoms with E-state index in [2.05, 4.69) is 33.0 Å². The van der Waals surface area contributed by atoms with Crippen molar-refractivity contribution in [2.24, 2.45) is 0 Å². The Morgan fingerprint density at radius 2 is 1.32 bits per heavy atom. The van der Waals surface area contributed by atoms with E-state index in [0.717, 1.165) is 16.8 Å². The largest absolute Gasteiger partial charge is 0.490 e. The van der Waals surface area contributed by atoms with Gasteiger partial charge >= 0.3 is 5.97 Å². The van der Waals surface area contributed by atoms with Crippen molar-refractivity contribution in [3.05, 3.63) is 47.0 Å². The lowest BCUT2D eigenvalue weighted by Crippen LogP contribution is -2.23. The molecule has 0 heterocycles. The molecular formula is C27H37NO6. The van der Waals surface area contributed by atoms with E-state index in [1.165, 1.54) is 0 Å². The van der Waals surface area contributed by atoms with Gasteiger partial charge in [0.1, 0.15) is 0 Å². The number of nitrogens with one attached hydrogen (secondary N) is 1. The van der Waals surface area contributed by atoms with Crippen LogP contribution in [0.3, 0.4) is 0 Å². The van der Waals surface area contributed by atoms with Gasteiger partial charge < -0.3 is 24.3 Å². The van der Waals surface area contributed by atoms with E-state index in [1.54, 1.807) is 12.1 Å². The van der Waals surface area contributed by atoms with Gasteiger partial charge in [0, 0.05) is 5.69 Å². The molecule has 0 aliphatic heterocycles. The number of ether oxygens (including phenoxy) is 4. The Kier molecular flexibility index (Phi) is 10.2. The van der Waals surface area contributed by atoms with Gasteiger partial charge in [-0.15, -0.1) is 0 Å². The zero-order chi connectivity index (χ0) is 25.3. The maximum atomic E-state index is 12.8. The molecule has 2 rings (SSSR count). The lowest BCUT2D eigenvalue weighted by Gasteiger charge is -2.20. The average molecular weight is 472 g/mol. The van der Waals surface area contributed by atoms with Crippen LogP contribution in [0.15, 0.2) is 30.3 Å². The summed E-state index contributed by atoms with van der Waals surface area (Å²) < 4.78 is 22.3. The van der Waals surface area contributed by atoms with Gasteiger partial charge in [-0.2, -0.15) is 0 Å². The number of benzene rings is 2. The summed E-state index contributed by atoms with van der Waals surface area (Å²) in [7, 11) is 0. The number of rotatable bonds is 12. The lowest BCUT2D eigenvalue weighted by molar-refractivity contribution is -0.119. The van der Waals surface area contributed by atoms with E-state index in [0.29, 0.717) is 37.1 Å². The van der Waals surface area contributed by atoms with Crippen molar-refractivity contribution in [3.8, 4) is 17.2 Å². The highest BCUT2D eigenvalue weighted by atomic mass is 16.5. The third-order valence-electron chi connectivity index (χ3n) is 5.12. The van der Waals surface area contributed by atoms with Crippen LogP contribution >= 0.6 is 0 Å². The number of para-hydroxylation sites is 1. The van der Waals surface area contributed by atoms with Crippen molar-refractivity contribution in [1.82, 2.24) is 0 Å². The highest BCUT2D eigenvalue weighted by Gasteiger charge is 2.21. The molecule has 1 amide bonds. The molecule has 0 atom stereocenters. The van der Waals surface area contributed by atoms with Crippen LogP contribution in [0.25, 0.3) is 0 Å². The normalized spacial score (nSPS) is 10.9. The molecule has 2 aromatic rings. The number of hydrogen-bond acceptors (Lipinski definition) is 6. The fraction of sp³-hybridized carbons (Fsp3) is 0.481. The Morgan fingerprint density at radius 1 is 0.824 bits per heavy atom. The molecule has 0 fully saturated rings. The zero-order valence-electron chi connectivity index (χ0n) is 21.3. The minimum atomic E-state index is -0.652. The second-order valence-electron chi connectivity index (χ2n) is 8.35. The second-order valence-corrected chi connectivity index (χ2v) is 8.35. The van der Waals surface area contributed by atoms with E-state index in [-0.39, 0.29) is 17.4 Å². The Balaban J connectivity index is 2.21. The first-order valence-corrected chi connectivity index (χ1v) is 11.9. The van der Waals surface area contributed by atoms with Crippen LogP contribution in [-0.2, 0) is 9.53 Å². The maximum Gasteiger partial charge on any atom is 0.338 e. The van der Waals surface area contributed by atoms with Crippen LogP contribution in [0.4, 0.5) is 5.69 Å². The van der Waals surface area contributed by atoms with Gasteiger partial charge in [0.05, 0.1) is 25.4 Å². The topological polar surface area (TPSA) is 83.1 Å². The summed E-state index contributed by atoms with van der Waals surface area (Å²) in [5, 5.41) is 2.95. The van der Waals surface area contributed by atoms with Crippen LogP contribution in [0.2, 0.25) is 0 Å². The summed E-state index contributed by atoms with van der Waals surface area (Å²) in [5.74, 6) is 0.625. The summed E-state index contributed by atoms with van der Waals surface area (Å²) in [6.45, 7) is 14.6. The molecule has 7 heteroatoms. The van der Waals surface area contributed by atoms with Gasteiger partial charge in [-0.25, -0.2) is 4.79 Å². The van der Waals surface area contributed by atoms with Crippen molar-refractivity contribution < 1.29 is 28.5 Å². The first-order chi connectivity index (χ1) is 16.2. The summed E-state index contributed by atoms with van der Waals surface area (Å²) >= 11 is 0. The lowest BCUT2D eigenvalue weighted by atomic mass is 9.92. The second kappa shape index (κ2) is 12.9. The van der Waals surface area contributed by atoms with E-state index in [1.807, 2.05) is 39.0 Å². The molecule has 0 saturated heterocycles. The van der Waals surface area contributed by atoms with Crippen LogP contribution in [0.1, 0.15) is 81.8 Å². The zero-order valence-corrected chi connectivity index (χ0v) is 21.3. The Hall–Kier alpha value is -3.22. The van der Waals surface area contributed by atoms with Gasteiger partial charge in [-0.1, -0.05) is 45.9 Å². The molecule has 186 valence electrons. The molecular weight excluding hydrogens is 434 g/mol. The predicted molar refractivity (Wildman–Crippen MR) is 133 cm³/mol. The summed E-state index contributed by atoms with van der Waals surface area (Å²) in [5.41, 5.74) is 3.08. The summed E-state index contributed by atoms with van der Waals surface area (Å²) in [6.07, 6.45) is 0. The number of carbonyl (C=O) groups is 2. The van der Waals surface area contributed by atoms with Gasteiger partial charge in [0.25, 0.3) is 5.91 Å². The van der Waals surface area contributed by atoms with Crippen molar-refractivity contribution in [2.75, 3.05) is 31.7 Å². The van der Waals surface area contributed by atoms with Gasteiger partial charge in [-0.3, -0.25) is 4.79 Å². The van der Waals surface area contributed by atoms with Gasteiger partial charge in [-0.05, 0) is 55.9 Å². The van der Waals surface area contributed by atoms with E-state index >= 15 is 0 Å². The maximum absolute atomic E-state index is 12.8. The molecule has 0 aliphatic rings.